The normalized spacial score (nSPS) is 20.6. The van der Waals surface area contributed by atoms with Gasteiger partial charge in [0.25, 0.3) is 5.91 Å². The summed E-state index contributed by atoms with van der Waals surface area (Å²) in [5, 5.41) is 0. The van der Waals surface area contributed by atoms with E-state index in [0.29, 0.717) is 12.5 Å². The van der Waals surface area contributed by atoms with Crippen molar-refractivity contribution in [2.45, 2.75) is 46.5 Å². The first-order chi connectivity index (χ1) is 12.8. The van der Waals surface area contributed by atoms with E-state index in [1.165, 1.54) is 0 Å². The van der Waals surface area contributed by atoms with Gasteiger partial charge in [-0.2, -0.15) is 0 Å². The second-order valence-corrected chi connectivity index (χ2v) is 8.84. The quantitative estimate of drug-likeness (QED) is 0.812. The maximum absolute atomic E-state index is 12.5. The van der Waals surface area contributed by atoms with Crippen molar-refractivity contribution >= 4 is 11.8 Å². The van der Waals surface area contributed by atoms with E-state index in [9.17, 15) is 9.59 Å². The molecule has 0 aromatic heterocycles. The Morgan fingerprint density at radius 2 is 1.63 bits per heavy atom. The lowest BCUT2D eigenvalue weighted by atomic mass is 9.91. The molecule has 5 nitrogen and oxygen atoms in total. The van der Waals surface area contributed by atoms with E-state index in [0.717, 1.165) is 63.2 Å². The third-order valence-corrected chi connectivity index (χ3v) is 5.43. The van der Waals surface area contributed by atoms with Crippen molar-refractivity contribution in [2.75, 3.05) is 32.8 Å². The second-order valence-electron chi connectivity index (χ2n) is 8.84. The van der Waals surface area contributed by atoms with Crippen LogP contribution in [-0.4, -0.2) is 54.4 Å². The number of ether oxygens (including phenoxy) is 1. The third kappa shape index (κ3) is 5.02. The van der Waals surface area contributed by atoms with Crippen LogP contribution in [0.15, 0.2) is 24.3 Å². The number of carbonyl (C=O) groups is 2. The van der Waals surface area contributed by atoms with E-state index < -0.39 is 0 Å². The van der Waals surface area contributed by atoms with Gasteiger partial charge in [-0.25, -0.2) is 0 Å². The van der Waals surface area contributed by atoms with Gasteiger partial charge < -0.3 is 14.5 Å². The van der Waals surface area contributed by atoms with Gasteiger partial charge in [0.05, 0.1) is 6.61 Å². The Labute approximate surface area is 162 Å². The van der Waals surface area contributed by atoms with E-state index in [4.69, 9.17) is 4.74 Å². The predicted octanol–water partition coefficient (Wildman–Crippen LogP) is 3.59. The summed E-state index contributed by atoms with van der Waals surface area (Å²) in [5.41, 5.74) is 0.393. The summed E-state index contributed by atoms with van der Waals surface area (Å²) in [5.74, 6) is 1.47. The van der Waals surface area contributed by atoms with Crippen molar-refractivity contribution in [3.63, 3.8) is 0 Å². The Kier molecular flexibility index (Phi) is 6.08. The van der Waals surface area contributed by atoms with Crippen LogP contribution in [0.4, 0.5) is 0 Å². The van der Waals surface area contributed by atoms with Gasteiger partial charge in [0, 0.05) is 43.1 Å². The molecule has 0 N–H and O–H groups in total. The summed E-state index contributed by atoms with van der Waals surface area (Å²) in [6, 6.07) is 7.47. The summed E-state index contributed by atoms with van der Waals surface area (Å²) in [6.45, 7) is 9.86. The van der Waals surface area contributed by atoms with Gasteiger partial charge in [-0.15, -0.1) is 0 Å². The molecule has 0 aliphatic carbocycles. The number of benzene rings is 1. The smallest absolute Gasteiger partial charge is 0.253 e. The van der Waals surface area contributed by atoms with Crippen molar-refractivity contribution < 1.29 is 14.3 Å². The molecule has 1 atom stereocenters. The largest absolute Gasteiger partial charge is 0.493 e. The molecule has 148 valence electrons. The zero-order valence-electron chi connectivity index (χ0n) is 16.9. The summed E-state index contributed by atoms with van der Waals surface area (Å²) < 4.78 is 5.96. The maximum Gasteiger partial charge on any atom is 0.253 e. The van der Waals surface area contributed by atoms with Crippen molar-refractivity contribution in [3.05, 3.63) is 29.8 Å². The molecule has 0 bridgehead atoms. The van der Waals surface area contributed by atoms with Crippen LogP contribution in [0.25, 0.3) is 0 Å². The highest BCUT2D eigenvalue weighted by Crippen LogP contribution is 2.24. The van der Waals surface area contributed by atoms with Crippen LogP contribution in [0.5, 0.6) is 5.75 Å². The first kappa shape index (κ1) is 19.7. The lowest BCUT2D eigenvalue weighted by Crippen LogP contribution is -2.46. The summed E-state index contributed by atoms with van der Waals surface area (Å²) >= 11 is 0. The number of amides is 2. The minimum Gasteiger partial charge on any atom is -0.493 e. The number of piperidine rings is 1. The predicted molar refractivity (Wildman–Crippen MR) is 106 cm³/mol. The molecule has 2 saturated heterocycles. The lowest BCUT2D eigenvalue weighted by Gasteiger charge is -2.36. The van der Waals surface area contributed by atoms with Gasteiger partial charge in [-0.3, -0.25) is 9.59 Å². The van der Waals surface area contributed by atoms with Crippen molar-refractivity contribution in [2.24, 2.45) is 11.3 Å². The topological polar surface area (TPSA) is 49.9 Å². The number of nitrogens with zero attached hydrogens (tertiary/aromatic N) is 2. The van der Waals surface area contributed by atoms with E-state index in [1.54, 1.807) is 0 Å². The average Bonchev–Trinajstić information content (AvgIpc) is 3.20. The summed E-state index contributed by atoms with van der Waals surface area (Å²) in [6.07, 6.45) is 4.31. The SMILES string of the molecule is CC(C)(C)C(=O)N1CCCC(COc2ccc(C(=O)N3CCCC3)cc2)C1. The molecule has 2 fully saturated rings. The van der Waals surface area contributed by atoms with E-state index in [1.807, 2.05) is 54.8 Å². The van der Waals surface area contributed by atoms with Crippen LogP contribution in [-0.2, 0) is 4.79 Å². The molecule has 0 radical (unpaired) electrons. The second kappa shape index (κ2) is 8.32. The molecule has 2 aliphatic rings. The summed E-state index contributed by atoms with van der Waals surface area (Å²) in [7, 11) is 0. The van der Waals surface area contributed by atoms with Crippen LogP contribution in [0.2, 0.25) is 0 Å². The molecule has 1 unspecified atom stereocenters. The first-order valence-electron chi connectivity index (χ1n) is 10.2. The molecule has 1 aromatic rings. The number of rotatable bonds is 4. The monoisotopic (exact) mass is 372 g/mol. The molecule has 0 saturated carbocycles. The number of hydrogen-bond donors (Lipinski definition) is 0. The molecular formula is C22H32N2O3. The van der Waals surface area contributed by atoms with Gasteiger partial charge >= 0.3 is 0 Å². The van der Waals surface area contributed by atoms with Gasteiger partial charge in [-0.05, 0) is 49.9 Å². The number of likely N-dealkylation sites (tertiary alicyclic amines) is 2. The van der Waals surface area contributed by atoms with Crippen LogP contribution < -0.4 is 4.74 Å². The highest BCUT2D eigenvalue weighted by molar-refractivity contribution is 5.94. The molecule has 27 heavy (non-hydrogen) atoms. The first-order valence-corrected chi connectivity index (χ1v) is 10.2. The highest BCUT2D eigenvalue weighted by Gasteiger charge is 2.31. The Hall–Kier alpha value is -2.04. The molecular weight excluding hydrogens is 340 g/mol. The Bertz CT molecular complexity index is 657. The fraction of sp³-hybridized carbons (Fsp3) is 0.636. The van der Waals surface area contributed by atoms with Crippen LogP contribution in [0, 0.1) is 11.3 Å². The molecule has 5 heteroatoms. The van der Waals surface area contributed by atoms with Crippen LogP contribution in [0.1, 0.15) is 56.8 Å². The van der Waals surface area contributed by atoms with Gasteiger partial charge in [0.15, 0.2) is 0 Å². The van der Waals surface area contributed by atoms with Gasteiger partial charge in [-0.1, -0.05) is 20.8 Å². The molecule has 2 heterocycles. The fourth-order valence-electron chi connectivity index (χ4n) is 3.87. The van der Waals surface area contributed by atoms with E-state index in [2.05, 4.69) is 0 Å². The Balaban J connectivity index is 1.51. The lowest BCUT2D eigenvalue weighted by molar-refractivity contribution is -0.141. The van der Waals surface area contributed by atoms with Crippen molar-refractivity contribution in [3.8, 4) is 5.75 Å². The molecule has 3 rings (SSSR count). The van der Waals surface area contributed by atoms with Crippen LogP contribution >= 0.6 is 0 Å². The number of carbonyl (C=O) groups excluding carboxylic acids is 2. The Morgan fingerprint density at radius 3 is 2.26 bits per heavy atom. The maximum atomic E-state index is 12.5. The molecule has 2 amide bonds. The standard InChI is InChI=1S/C22H32N2O3/c1-22(2,3)21(26)24-14-6-7-17(15-24)16-27-19-10-8-18(9-11-19)20(25)23-12-4-5-13-23/h8-11,17H,4-7,12-16H2,1-3H3. The fourth-order valence-corrected chi connectivity index (χ4v) is 3.87. The van der Waals surface area contributed by atoms with Gasteiger partial charge in [0.2, 0.25) is 5.91 Å². The van der Waals surface area contributed by atoms with Gasteiger partial charge in [0.1, 0.15) is 5.75 Å². The highest BCUT2D eigenvalue weighted by atomic mass is 16.5. The third-order valence-electron chi connectivity index (χ3n) is 5.43. The number of hydrogen-bond acceptors (Lipinski definition) is 3. The van der Waals surface area contributed by atoms with Crippen molar-refractivity contribution in [1.29, 1.82) is 0 Å². The average molecular weight is 373 g/mol. The summed E-state index contributed by atoms with van der Waals surface area (Å²) in [4.78, 5) is 28.8. The molecule has 0 spiro atoms. The zero-order valence-corrected chi connectivity index (χ0v) is 16.9. The minimum absolute atomic E-state index is 0.114. The molecule has 2 aliphatic heterocycles. The Morgan fingerprint density at radius 1 is 1.00 bits per heavy atom. The van der Waals surface area contributed by atoms with Crippen LogP contribution in [0.3, 0.4) is 0 Å². The van der Waals surface area contributed by atoms with E-state index in [-0.39, 0.29) is 17.2 Å². The zero-order chi connectivity index (χ0) is 19.4. The van der Waals surface area contributed by atoms with Crippen molar-refractivity contribution in [1.82, 2.24) is 9.80 Å². The molecule has 1 aromatic carbocycles. The minimum atomic E-state index is -0.333. The van der Waals surface area contributed by atoms with E-state index >= 15 is 0 Å².